The van der Waals surface area contributed by atoms with Crippen LogP contribution < -0.4 is 0 Å². The normalized spacial score (nSPS) is 9.33. The molecule has 0 aromatic heterocycles. The quantitative estimate of drug-likeness (QED) is 0.420. The summed E-state index contributed by atoms with van der Waals surface area (Å²) in [5.41, 5.74) is 0. The number of hydroxylamine groups is 3. The summed E-state index contributed by atoms with van der Waals surface area (Å²) in [5, 5.41) is 10.6. The highest BCUT2D eigenvalue weighted by molar-refractivity contribution is 4.26. The van der Waals surface area contributed by atoms with Crippen molar-refractivity contribution < 1.29 is 4.65 Å². The molecule has 0 amide bonds. The fourth-order valence-electron chi connectivity index (χ4n) is 0.539. The zero-order valence-corrected chi connectivity index (χ0v) is 5.27. The van der Waals surface area contributed by atoms with E-state index < -0.39 is 0 Å². The van der Waals surface area contributed by atoms with E-state index >= 15 is 0 Å². The van der Waals surface area contributed by atoms with Crippen LogP contribution in [0, 0.1) is 5.21 Å². The van der Waals surface area contributed by atoms with Gasteiger partial charge in [-0.2, -0.15) is 0 Å². The topological polar surface area (TPSA) is 23.1 Å². The second kappa shape index (κ2) is 6.05. The first kappa shape index (κ1) is 16.0. The molecule has 0 spiro atoms. The molecule has 9 heavy (non-hydrogen) atoms. The SMILES string of the molecule is C.C.CCC[N+](C)(C)[O-]. The first-order valence-electron chi connectivity index (χ1n) is 2.60. The summed E-state index contributed by atoms with van der Waals surface area (Å²) in [6.07, 6.45) is 0.969. The Morgan fingerprint density at radius 3 is 1.56 bits per heavy atom. The smallest absolute Gasteiger partial charge is 0.0777 e. The number of hydrogen-bond donors (Lipinski definition) is 0. The summed E-state index contributed by atoms with van der Waals surface area (Å²) in [7, 11) is 3.31. The van der Waals surface area contributed by atoms with Crippen molar-refractivity contribution >= 4 is 0 Å². The lowest BCUT2D eigenvalue weighted by Crippen LogP contribution is -2.32. The van der Waals surface area contributed by atoms with Gasteiger partial charge in [-0.3, -0.25) is 0 Å². The molecule has 2 heteroatoms. The van der Waals surface area contributed by atoms with Crippen LogP contribution in [0.15, 0.2) is 0 Å². The molecular formula is C7H21NO. The number of quaternary nitrogens is 1. The highest BCUT2D eigenvalue weighted by atomic mass is 16.5. The molecule has 0 rings (SSSR count). The average Bonchev–Trinajstić information content (AvgIpc) is 1.30. The molecule has 0 aliphatic heterocycles. The maximum Gasteiger partial charge on any atom is 0.0777 e. The van der Waals surface area contributed by atoms with Crippen molar-refractivity contribution in [3.05, 3.63) is 5.21 Å². The molecule has 60 valence electrons. The predicted octanol–water partition coefficient (Wildman–Crippen LogP) is 2.24. The highest BCUT2D eigenvalue weighted by Crippen LogP contribution is 1.92. The standard InChI is InChI=1S/C5H13NO.2CH4/c1-4-5-6(2,3)7;;/h4-5H2,1-3H3;2*1H4. The summed E-state index contributed by atoms with van der Waals surface area (Å²) >= 11 is 0. The van der Waals surface area contributed by atoms with Crippen LogP contribution in [0.5, 0.6) is 0 Å². The number of rotatable bonds is 2. The van der Waals surface area contributed by atoms with Gasteiger partial charge in [-0.1, -0.05) is 21.8 Å². The molecule has 2 nitrogen and oxygen atoms in total. The Labute approximate surface area is 59.7 Å². The molecule has 0 heterocycles. The number of nitrogens with zero attached hydrogens (tertiary/aromatic N) is 1. The van der Waals surface area contributed by atoms with Crippen LogP contribution in [-0.2, 0) is 0 Å². The highest BCUT2D eigenvalue weighted by Gasteiger charge is 1.94. The van der Waals surface area contributed by atoms with Crippen LogP contribution in [0.1, 0.15) is 28.2 Å². The Bertz CT molecular complexity index is 47.4. The lowest BCUT2D eigenvalue weighted by molar-refractivity contribution is -0.839. The minimum atomic E-state index is -0.156. The van der Waals surface area contributed by atoms with Gasteiger partial charge in [-0.15, -0.1) is 0 Å². The van der Waals surface area contributed by atoms with Gasteiger partial charge in [0.05, 0.1) is 20.6 Å². The molecule has 0 bridgehead atoms. The van der Waals surface area contributed by atoms with Crippen molar-refractivity contribution in [1.82, 2.24) is 0 Å². The molecule has 0 aromatic carbocycles. The van der Waals surface area contributed by atoms with Gasteiger partial charge >= 0.3 is 0 Å². The second-order valence-electron chi connectivity index (χ2n) is 2.30. The van der Waals surface area contributed by atoms with Crippen LogP contribution in [0.25, 0.3) is 0 Å². The van der Waals surface area contributed by atoms with Gasteiger partial charge in [0.1, 0.15) is 0 Å². The van der Waals surface area contributed by atoms with E-state index in [-0.39, 0.29) is 19.5 Å². The van der Waals surface area contributed by atoms with E-state index in [4.69, 9.17) is 0 Å². The molecule has 0 fully saturated rings. The molecular weight excluding hydrogens is 114 g/mol. The summed E-state index contributed by atoms with van der Waals surface area (Å²) in [6, 6.07) is 0. The Balaban J connectivity index is -0.000000180. The molecule has 0 saturated carbocycles. The Morgan fingerprint density at radius 1 is 1.22 bits per heavy atom. The van der Waals surface area contributed by atoms with E-state index in [1.165, 1.54) is 0 Å². The van der Waals surface area contributed by atoms with Gasteiger partial charge < -0.3 is 9.85 Å². The van der Waals surface area contributed by atoms with E-state index in [9.17, 15) is 5.21 Å². The van der Waals surface area contributed by atoms with Crippen molar-refractivity contribution in [3.8, 4) is 0 Å². The minimum Gasteiger partial charge on any atom is -0.633 e. The van der Waals surface area contributed by atoms with Crippen molar-refractivity contribution in [1.29, 1.82) is 0 Å². The molecule has 0 aliphatic rings. The number of hydrogen-bond acceptors (Lipinski definition) is 1. The molecule has 0 atom stereocenters. The van der Waals surface area contributed by atoms with Crippen LogP contribution in [-0.4, -0.2) is 25.3 Å². The maximum atomic E-state index is 10.6. The molecule has 0 saturated heterocycles. The molecule has 0 unspecified atom stereocenters. The lowest BCUT2D eigenvalue weighted by atomic mass is 10.5. The maximum absolute atomic E-state index is 10.6. The van der Waals surface area contributed by atoms with E-state index in [2.05, 4.69) is 0 Å². The lowest BCUT2D eigenvalue weighted by Gasteiger charge is -2.33. The summed E-state index contributed by atoms with van der Waals surface area (Å²) < 4.78 is -0.156. The summed E-state index contributed by atoms with van der Waals surface area (Å²) in [4.78, 5) is 0. The van der Waals surface area contributed by atoms with Crippen molar-refractivity contribution in [3.63, 3.8) is 0 Å². The zero-order chi connectivity index (χ0) is 5.91. The molecule has 0 aliphatic carbocycles. The van der Waals surface area contributed by atoms with Crippen molar-refractivity contribution in [2.45, 2.75) is 28.2 Å². The van der Waals surface area contributed by atoms with Crippen LogP contribution >= 0.6 is 0 Å². The Kier molecular flexibility index (Phi) is 10.7. The van der Waals surface area contributed by atoms with Crippen molar-refractivity contribution in [2.75, 3.05) is 20.6 Å². The fraction of sp³-hybridized carbons (Fsp3) is 1.00. The largest absolute Gasteiger partial charge is 0.633 e. The van der Waals surface area contributed by atoms with Crippen molar-refractivity contribution in [2.24, 2.45) is 0 Å². The molecule has 0 aromatic rings. The monoisotopic (exact) mass is 135 g/mol. The first-order chi connectivity index (χ1) is 3.06. The van der Waals surface area contributed by atoms with Gasteiger partial charge in [0.15, 0.2) is 0 Å². The van der Waals surface area contributed by atoms with Crippen LogP contribution in [0.4, 0.5) is 0 Å². The van der Waals surface area contributed by atoms with E-state index in [0.29, 0.717) is 0 Å². The Morgan fingerprint density at radius 2 is 1.56 bits per heavy atom. The minimum absolute atomic E-state index is 0. The first-order valence-corrected chi connectivity index (χ1v) is 2.60. The average molecular weight is 135 g/mol. The van der Waals surface area contributed by atoms with Crippen LogP contribution in [0.3, 0.4) is 0 Å². The van der Waals surface area contributed by atoms with Gasteiger partial charge in [0.2, 0.25) is 0 Å². The van der Waals surface area contributed by atoms with Gasteiger partial charge in [-0.25, -0.2) is 0 Å². The second-order valence-corrected chi connectivity index (χ2v) is 2.30. The van der Waals surface area contributed by atoms with Gasteiger partial charge in [0, 0.05) is 0 Å². The summed E-state index contributed by atoms with van der Waals surface area (Å²) in [5.74, 6) is 0. The van der Waals surface area contributed by atoms with E-state index in [1.807, 2.05) is 6.92 Å². The fourth-order valence-corrected chi connectivity index (χ4v) is 0.539. The van der Waals surface area contributed by atoms with E-state index in [0.717, 1.165) is 13.0 Å². The third-order valence-electron chi connectivity index (χ3n) is 0.762. The van der Waals surface area contributed by atoms with Gasteiger partial charge in [-0.05, 0) is 6.42 Å². The van der Waals surface area contributed by atoms with E-state index in [1.54, 1.807) is 14.1 Å². The third-order valence-corrected chi connectivity index (χ3v) is 0.762. The molecule has 0 radical (unpaired) electrons. The molecule has 0 N–H and O–H groups in total. The summed E-state index contributed by atoms with van der Waals surface area (Å²) in [6.45, 7) is 2.73. The Hall–Kier alpha value is -0.0800. The third kappa shape index (κ3) is 18.1. The van der Waals surface area contributed by atoms with Gasteiger partial charge in [0.25, 0.3) is 0 Å². The zero-order valence-electron chi connectivity index (χ0n) is 5.27. The predicted molar refractivity (Wildman–Crippen MR) is 44.1 cm³/mol. The van der Waals surface area contributed by atoms with Crippen LogP contribution in [0.2, 0.25) is 0 Å².